The molecular formula is C11H17BrN2O2. The summed E-state index contributed by atoms with van der Waals surface area (Å²) in [7, 11) is 1.83. The molecule has 16 heavy (non-hydrogen) atoms. The molecule has 5 heteroatoms. The average molecular weight is 289 g/mol. The second kappa shape index (κ2) is 6.06. The van der Waals surface area contributed by atoms with Gasteiger partial charge in [0, 0.05) is 30.8 Å². The van der Waals surface area contributed by atoms with Crippen LogP contribution in [0.3, 0.4) is 0 Å². The van der Waals surface area contributed by atoms with Gasteiger partial charge in [-0.25, -0.2) is 0 Å². The zero-order valence-electron chi connectivity index (χ0n) is 9.61. The van der Waals surface area contributed by atoms with Crippen molar-refractivity contribution < 1.29 is 9.90 Å². The molecule has 1 aromatic rings. The van der Waals surface area contributed by atoms with Crippen molar-refractivity contribution >= 4 is 21.8 Å². The number of hydrogen-bond acceptors (Lipinski definition) is 2. The molecule has 1 aromatic heterocycles. The number of carbonyl (C=O) groups excluding carboxylic acids is 1. The molecule has 0 bridgehead atoms. The summed E-state index contributed by atoms with van der Waals surface area (Å²) in [5.74, 6) is -0.0379. The Morgan fingerprint density at radius 1 is 1.56 bits per heavy atom. The summed E-state index contributed by atoms with van der Waals surface area (Å²) in [6.45, 7) is 3.06. The van der Waals surface area contributed by atoms with E-state index in [-0.39, 0.29) is 12.5 Å². The summed E-state index contributed by atoms with van der Waals surface area (Å²) in [5, 5.41) is 8.92. The zero-order valence-corrected chi connectivity index (χ0v) is 11.2. The van der Waals surface area contributed by atoms with E-state index < -0.39 is 0 Å². The predicted molar refractivity (Wildman–Crippen MR) is 66.4 cm³/mol. The fourth-order valence-corrected chi connectivity index (χ4v) is 2.13. The molecule has 0 fully saturated rings. The number of amides is 1. The van der Waals surface area contributed by atoms with Gasteiger partial charge < -0.3 is 14.6 Å². The summed E-state index contributed by atoms with van der Waals surface area (Å²) in [6.07, 6.45) is 2.73. The van der Waals surface area contributed by atoms with Crippen molar-refractivity contribution in [2.75, 3.05) is 19.7 Å². The van der Waals surface area contributed by atoms with Crippen molar-refractivity contribution in [1.82, 2.24) is 9.47 Å². The third-order valence-electron chi connectivity index (χ3n) is 2.34. The molecule has 0 saturated carbocycles. The van der Waals surface area contributed by atoms with Crippen molar-refractivity contribution in [2.45, 2.75) is 13.3 Å². The number of nitrogens with zero attached hydrogens (tertiary/aromatic N) is 2. The minimum Gasteiger partial charge on any atom is -0.395 e. The highest BCUT2D eigenvalue weighted by atomic mass is 79.9. The zero-order chi connectivity index (χ0) is 12.1. The Hall–Kier alpha value is -0.810. The number of rotatable bonds is 5. The molecule has 90 valence electrons. The van der Waals surface area contributed by atoms with Crippen LogP contribution in [0, 0.1) is 0 Å². The van der Waals surface area contributed by atoms with Crippen LogP contribution in [0.5, 0.6) is 0 Å². The Labute approximate surface area is 104 Å². The number of aliphatic hydroxyl groups excluding tert-OH is 1. The molecule has 0 aliphatic carbocycles. The minimum absolute atomic E-state index is 0.00265. The average Bonchev–Trinajstić information content (AvgIpc) is 2.56. The molecule has 0 atom stereocenters. The van der Waals surface area contributed by atoms with Crippen LogP contribution in [0.2, 0.25) is 0 Å². The summed E-state index contributed by atoms with van der Waals surface area (Å²) >= 11 is 3.34. The number of aryl methyl sites for hydroxylation is 1. The standard InChI is InChI=1S/C11H17BrN2O2/c1-3-4-14(5-6-15)11(16)10-7-9(12)8-13(10)2/h7-8,15H,3-6H2,1-2H3. The maximum absolute atomic E-state index is 12.1. The lowest BCUT2D eigenvalue weighted by atomic mass is 10.3. The maximum atomic E-state index is 12.1. The van der Waals surface area contributed by atoms with E-state index in [0.717, 1.165) is 10.9 Å². The highest BCUT2D eigenvalue weighted by Gasteiger charge is 2.17. The highest BCUT2D eigenvalue weighted by Crippen LogP contribution is 2.15. The number of hydrogen-bond donors (Lipinski definition) is 1. The first-order valence-electron chi connectivity index (χ1n) is 5.32. The molecule has 1 N–H and O–H groups in total. The van der Waals surface area contributed by atoms with Crippen molar-refractivity contribution in [1.29, 1.82) is 0 Å². The highest BCUT2D eigenvalue weighted by molar-refractivity contribution is 9.10. The smallest absolute Gasteiger partial charge is 0.270 e. The van der Waals surface area contributed by atoms with Gasteiger partial charge in [-0.15, -0.1) is 0 Å². The van der Waals surface area contributed by atoms with Crippen LogP contribution in [0.25, 0.3) is 0 Å². The lowest BCUT2D eigenvalue weighted by Gasteiger charge is -2.21. The molecular weight excluding hydrogens is 272 g/mol. The molecule has 0 radical (unpaired) electrons. The lowest BCUT2D eigenvalue weighted by molar-refractivity contribution is 0.0712. The Morgan fingerprint density at radius 3 is 2.69 bits per heavy atom. The first kappa shape index (κ1) is 13.3. The SMILES string of the molecule is CCCN(CCO)C(=O)c1cc(Br)cn1C. The molecule has 1 amide bonds. The Morgan fingerprint density at radius 2 is 2.25 bits per heavy atom. The van der Waals surface area contributed by atoms with Crippen molar-refractivity contribution in [2.24, 2.45) is 7.05 Å². The van der Waals surface area contributed by atoms with Crippen LogP contribution in [-0.4, -0.2) is 40.2 Å². The van der Waals surface area contributed by atoms with Gasteiger partial charge in [0.1, 0.15) is 5.69 Å². The van der Waals surface area contributed by atoms with Crippen molar-refractivity contribution in [3.63, 3.8) is 0 Å². The fraction of sp³-hybridized carbons (Fsp3) is 0.545. The molecule has 1 heterocycles. The molecule has 0 aliphatic heterocycles. The monoisotopic (exact) mass is 288 g/mol. The number of aromatic nitrogens is 1. The summed E-state index contributed by atoms with van der Waals surface area (Å²) in [5.41, 5.74) is 0.633. The van der Waals surface area contributed by atoms with Crippen LogP contribution >= 0.6 is 15.9 Å². The molecule has 0 aromatic carbocycles. The topological polar surface area (TPSA) is 45.5 Å². The van der Waals surface area contributed by atoms with E-state index in [0.29, 0.717) is 18.8 Å². The van der Waals surface area contributed by atoms with Gasteiger partial charge in [0.25, 0.3) is 5.91 Å². The van der Waals surface area contributed by atoms with Crippen LogP contribution in [0.4, 0.5) is 0 Å². The quantitative estimate of drug-likeness (QED) is 0.895. The fourth-order valence-electron chi connectivity index (χ4n) is 1.60. The van der Waals surface area contributed by atoms with Gasteiger partial charge in [-0.3, -0.25) is 4.79 Å². The second-order valence-electron chi connectivity index (χ2n) is 3.67. The van der Waals surface area contributed by atoms with Gasteiger partial charge in [0.15, 0.2) is 0 Å². The van der Waals surface area contributed by atoms with E-state index >= 15 is 0 Å². The van der Waals surface area contributed by atoms with Gasteiger partial charge in [-0.05, 0) is 28.4 Å². The van der Waals surface area contributed by atoms with Gasteiger partial charge in [-0.2, -0.15) is 0 Å². The molecule has 0 unspecified atom stereocenters. The largest absolute Gasteiger partial charge is 0.395 e. The van der Waals surface area contributed by atoms with E-state index in [1.165, 1.54) is 0 Å². The molecule has 0 spiro atoms. The second-order valence-corrected chi connectivity index (χ2v) is 4.59. The van der Waals surface area contributed by atoms with E-state index in [2.05, 4.69) is 15.9 Å². The molecule has 0 aliphatic rings. The number of halogens is 1. The first-order valence-corrected chi connectivity index (χ1v) is 6.11. The van der Waals surface area contributed by atoms with E-state index in [1.54, 1.807) is 15.5 Å². The minimum atomic E-state index is -0.0379. The normalized spacial score (nSPS) is 10.5. The summed E-state index contributed by atoms with van der Waals surface area (Å²) in [6, 6.07) is 1.79. The summed E-state index contributed by atoms with van der Waals surface area (Å²) in [4.78, 5) is 13.8. The van der Waals surface area contributed by atoms with Crippen LogP contribution < -0.4 is 0 Å². The van der Waals surface area contributed by atoms with Gasteiger partial charge in [-0.1, -0.05) is 6.92 Å². The van der Waals surface area contributed by atoms with Crippen LogP contribution in [0.1, 0.15) is 23.8 Å². The molecule has 4 nitrogen and oxygen atoms in total. The third kappa shape index (κ3) is 3.09. The van der Waals surface area contributed by atoms with E-state index in [4.69, 9.17) is 5.11 Å². The number of aliphatic hydroxyl groups is 1. The van der Waals surface area contributed by atoms with E-state index in [1.807, 2.05) is 20.2 Å². The molecule has 0 saturated heterocycles. The Kier molecular flexibility index (Phi) is 5.02. The van der Waals surface area contributed by atoms with Crippen LogP contribution in [-0.2, 0) is 7.05 Å². The lowest BCUT2D eigenvalue weighted by Crippen LogP contribution is -2.35. The summed E-state index contributed by atoms with van der Waals surface area (Å²) < 4.78 is 2.67. The maximum Gasteiger partial charge on any atom is 0.270 e. The molecule has 1 rings (SSSR count). The predicted octanol–water partition coefficient (Wildman–Crippen LogP) is 1.63. The van der Waals surface area contributed by atoms with Crippen molar-refractivity contribution in [3.8, 4) is 0 Å². The third-order valence-corrected chi connectivity index (χ3v) is 2.78. The van der Waals surface area contributed by atoms with Gasteiger partial charge in [0.2, 0.25) is 0 Å². The number of carbonyl (C=O) groups is 1. The Bertz CT molecular complexity index is 357. The van der Waals surface area contributed by atoms with E-state index in [9.17, 15) is 4.79 Å². The van der Waals surface area contributed by atoms with Gasteiger partial charge in [0.05, 0.1) is 6.61 Å². The van der Waals surface area contributed by atoms with Crippen molar-refractivity contribution in [3.05, 3.63) is 22.4 Å². The first-order chi connectivity index (χ1) is 7.60. The Balaban J connectivity index is 2.85. The van der Waals surface area contributed by atoms with Gasteiger partial charge >= 0.3 is 0 Å². The van der Waals surface area contributed by atoms with Crippen LogP contribution in [0.15, 0.2) is 16.7 Å².